The van der Waals surface area contributed by atoms with Crippen LogP contribution >= 0.6 is 11.3 Å². The Labute approximate surface area is 223 Å². The molecule has 38 heavy (non-hydrogen) atoms. The number of amides is 2. The molecule has 2 aromatic heterocycles. The zero-order chi connectivity index (χ0) is 26.7. The van der Waals surface area contributed by atoms with E-state index in [-0.39, 0.29) is 35.9 Å². The maximum absolute atomic E-state index is 13.2. The van der Waals surface area contributed by atoms with Crippen LogP contribution in [-0.4, -0.2) is 62.3 Å². The second-order valence-corrected chi connectivity index (χ2v) is 12.2. The van der Waals surface area contributed by atoms with Crippen LogP contribution < -0.4 is 10.6 Å². The molecule has 1 aliphatic carbocycles. The maximum Gasteiger partial charge on any atom is 0.245 e. The third kappa shape index (κ3) is 5.93. The van der Waals surface area contributed by atoms with Crippen molar-refractivity contribution in [2.75, 3.05) is 26.0 Å². The van der Waals surface area contributed by atoms with Crippen LogP contribution in [0, 0.1) is 0 Å². The van der Waals surface area contributed by atoms with E-state index in [1.54, 1.807) is 12.3 Å². The summed E-state index contributed by atoms with van der Waals surface area (Å²) >= 11 is 1.14. The zero-order valence-corrected chi connectivity index (χ0v) is 22.2. The van der Waals surface area contributed by atoms with Crippen molar-refractivity contribution >= 4 is 43.2 Å². The lowest BCUT2D eigenvalue weighted by Crippen LogP contribution is -2.41. The summed E-state index contributed by atoms with van der Waals surface area (Å²) in [6.45, 7) is -0.364. The first-order valence-electron chi connectivity index (χ1n) is 12.0. The Morgan fingerprint density at radius 2 is 1.87 bits per heavy atom. The first-order valence-corrected chi connectivity index (χ1v) is 14.6. The number of nitrogens with one attached hydrogen (secondary N) is 2. The van der Waals surface area contributed by atoms with E-state index in [9.17, 15) is 18.0 Å². The van der Waals surface area contributed by atoms with Gasteiger partial charge in [-0.25, -0.2) is 18.4 Å². The van der Waals surface area contributed by atoms with Gasteiger partial charge in [-0.1, -0.05) is 18.2 Å². The molecule has 1 fully saturated rings. The molecule has 0 saturated heterocycles. The van der Waals surface area contributed by atoms with Crippen molar-refractivity contribution in [2.24, 2.45) is 0 Å². The number of carbonyl (C=O) groups is 2. The number of methoxy groups -OCH3 is 1. The molecule has 5 rings (SSSR count). The number of fused-ring (bicyclic) bond motifs is 1. The smallest absolute Gasteiger partial charge is 0.245 e. The van der Waals surface area contributed by atoms with Crippen molar-refractivity contribution < 1.29 is 27.2 Å². The second kappa shape index (κ2) is 11.0. The number of benzene rings is 2. The maximum atomic E-state index is 13.2. The minimum Gasteiger partial charge on any atom is -0.445 e. The molecule has 0 bridgehead atoms. The molecule has 0 radical (unpaired) electrons. The van der Waals surface area contributed by atoms with E-state index in [0.29, 0.717) is 11.4 Å². The van der Waals surface area contributed by atoms with Crippen LogP contribution in [0.2, 0.25) is 0 Å². The first-order chi connectivity index (χ1) is 18.3. The highest BCUT2D eigenvalue weighted by molar-refractivity contribution is 7.92. The molecule has 1 saturated carbocycles. The fourth-order valence-electron chi connectivity index (χ4n) is 3.92. The quantitative estimate of drug-likeness (QED) is 0.288. The summed E-state index contributed by atoms with van der Waals surface area (Å²) in [6.07, 6.45) is 4.93. The van der Waals surface area contributed by atoms with Gasteiger partial charge in [-0.15, -0.1) is 11.3 Å². The van der Waals surface area contributed by atoms with Gasteiger partial charge in [0.25, 0.3) is 0 Å². The van der Waals surface area contributed by atoms with E-state index in [1.165, 1.54) is 13.4 Å². The molecule has 198 valence electrons. The highest BCUT2D eigenvalue weighted by Gasteiger charge is 2.37. The van der Waals surface area contributed by atoms with Gasteiger partial charge in [0.05, 0.1) is 35.3 Å². The Hall–Kier alpha value is -3.61. The summed E-state index contributed by atoms with van der Waals surface area (Å²) in [5, 5.41) is 3.85. The summed E-state index contributed by atoms with van der Waals surface area (Å²) in [5.74, 6) is -0.957. The molecule has 1 aliphatic rings. The molecule has 4 aromatic rings. The van der Waals surface area contributed by atoms with Crippen LogP contribution in [0.25, 0.3) is 32.8 Å². The Morgan fingerprint density at radius 3 is 2.55 bits per heavy atom. The van der Waals surface area contributed by atoms with Crippen molar-refractivity contribution in [3.63, 3.8) is 0 Å². The van der Waals surface area contributed by atoms with Crippen molar-refractivity contribution in [3.8, 4) is 22.6 Å². The molecule has 2 aromatic carbocycles. The van der Waals surface area contributed by atoms with Crippen molar-refractivity contribution in [2.45, 2.75) is 24.1 Å². The largest absolute Gasteiger partial charge is 0.445 e. The summed E-state index contributed by atoms with van der Waals surface area (Å²) in [5.41, 5.74) is 3.28. The van der Waals surface area contributed by atoms with Crippen LogP contribution in [0.5, 0.6) is 0 Å². The molecule has 10 nitrogen and oxygen atoms in total. The van der Waals surface area contributed by atoms with E-state index in [2.05, 4.69) is 20.6 Å². The van der Waals surface area contributed by atoms with E-state index in [1.807, 2.05) is 36.4 Å². The molecule has 2 heterocycles. The van der Waals surface area contributed by atoms with Gasteiger partial charge in [0.15, 0.2) is 15.1 Å². The number of nitrogens with zero attached hydrogens (tertiary/aromatic N) is 2. The van der Waals surface area contributed by atoms with E-state index in [4.69, 9.17) is 9.15 Å². The summed E-state index contributed by atoms with van der Waals surface area (Å²) in [7, 11) is -2.57. The fraction of sp³-hybridized carbons (Fsp3) is 0.308. The minimum absolute atomic E-state index is 0.0627. The molecule has 0 aliphatic heterocycles. The van der Waals surface area contributed by atoms with Gasteiger partial charge < -0.3 is 19.8 Å². The standard InChI is InChI=1S/C26H26N4O6S2/c1-35-12-13-38(33,34)23(24(32)28-15-22(31)29-19-7-8-19)26-30-20-9-6-18(14-21(20)37-26)16-2-4-17(5-3-16)25-27-10-11-36-25/h2-6,9-11,14,19,23H,7-8,12-13,15H2,1H3,(H,28,32)(H,29,31). The predicted octanol–water partition coefficient (Wildman–Crippen LogP) is 3.12. The third-order valence-electron chi connectivity index (χ3n) is 6.06. The topological polar surface area (TPSA) is 140 Å². The monoisotopic (exact) mass is 554 g/mol. The molecule has 1 unspecified atom stereocenters. The number of carbonyl (C=O) groups excluding carboxylic acids is 2. The lowest BCUT2D eigenvalue weighted by molar-refractivity contribution is -0.126. The molecular weight excluding hydrogens is 528 g/mol. The van der Waals surface area contributed by atoms with Crippen molar-refractivity contribution in [3.05, 3.63) is 59.9 Å². The number of ether oxygens (including phenoxy) is 1. The number of thiazole rings is 1. The lowest BCUT2D eigenvalue weighted by Gasteiger charge is -2.15. The number of sulfone groups is 1. The molecule has 1 atom stereocenters. The Balaban J connectivity index is 1.40. The number of hydrogen-bond donors (Lipinski definition) is 2. The Morgan fingerprint density at radius 1 is 1.13 bits per heavy atom. The normalized spacial score (nSPS) is 14.3. The van der Waals surface area contributed by atoms with Gasteiger partial charge >= 0.3 is 0 Å². The average Bonchev–Trinajstić information content (AvgIpc) is 3.37. The summed E-state index contributed by atoms with van der Waals surface area (Å²) in [4.78, 5) is 33.8. The van der Waals surface area contributed by atoms with Crippen LogP contribution in [0.3, 0.4) is 0 Å². The van der Waals surface area contributed by atoms with Gasteiger partial charge in [-0.2, -0.15) is 0 Å². The summed E-state index contributed by atoms with van der Waals surface area (Å²) < 4.78 is 37.4. The number of aromatic nitrogens is 2. The molecule has 2 amide bonds. The molecule has 12 heteroatoms. The summed E-state index contributed by atoms with van der Waals surface area (Å²) in [6, 6.07) is 13.4. The average molecular weight is 555 g/mol. The number of rotatable bonds is 11. The Kier molecular flexibility index (Phi) is 7.54. The second-order valence-electron chi connectivity index (χ2n) is 8.95. The van der Waals surface area contributed by atoms with Crippen LogP contribution in [0.15, 0.2) is 59.3 Å². The van der Waals surface area contributed by atoms with Crippen LogP contribution in [-0.2, 0) is 24.2 Å². The predicted molar refractivity (Wildman–Crippen MR) is 143 cm³/mol. The number of oxazole rings is 1. The van der Waals surface area contributed by atoms with E-state index < -0.39 is 21.0 Å². The number of hydrogen-bond acceptors (Lipinski definition) is 9. The molecular formula is C26H26N4O6S2. The van der Waals surface area contributed by atoms with Crippen LogP contribution in [0.4, 0.5) is 0 Å². The molecule has 2 N–H and O–H groups in total. The van der Waals surface area contributed by atoms with Gasteiger partial charge in [0.1, 0.15) is 11.3 Å². The van der Waals surface area contributed by atoms with Crippen molar-refractivity contribution in [1.29, 1.82) is 0 Å². The fourth-order valence-corrected chi connectivity index (χ4v) is 6.89. The third-order valence-corrected chi connectivity index (χ3v) is 9.19. The first kappa shape index (κ1) is 26.0. The highest BCUT2D eigenvalue weighted by atomic mass is 32.2. The van der Waals surface area contributed by atoms with Crippen LogP contribution in [0.1, 0.15) is 23.1 Å². The van der Waals surface area contributed by atoms with Gasteiger partial charge in [0.2, 0.25) is 17.7 Å². The van der Waals surface area contributed by atoms with Gasteiger partial charge in [-0.3, -0.25) is 9.59 Å². The highest BCUT2D eigenvalue weighted by Crippen LogP contribution is 2.34. The minimum atomic E-state index is -3.97. The van der Waals surface area contributed by atoms with E-state index in [0.717, 1.165) is 45.6 Å². The zero-order valence-electron chi connectivity index (χ0n) is 20.5. The van der Waals surface area contributed by atoms with Gasteiger partial charge in [0, 0.05) is 18.7 Å². The van der Waals surface area contributed by atoms with Crippen molar-refractivity contribution in [1.82, 2.24) is 20.6 Å². The van der Waals surface area contributed by atoms with E-state index >= 15 is 0 Å². The van der Waals surface area contributed by atoms with Gasteiger partial charge in [-0.05, 0) is 48.2 Å². The molecule has 0 spiro atoms. The SMILES string of the molecule is COCCS(=O)(=O)C(C(=O)NCC(=O)NC1CC1)c1nc2ccc(-c3ccc(-c4ncco4)cc3)cc2s1. The lowest BCUT2D eigenvalue weighted by atomic mass is 10.0. The Bertz CT molecular complexity index is 1540.